The van der Waals surface area contributed by atoms with E-state index in [2.05, 4.69) is 21.6 Å². The van der Waals surface area contributed by atoms with Crippen molar-refractivity contribution in [3.05, 3.63) is 41.5 Å². The lowest BCUT2D eigenvalue weighted by atomic mass is 10.1. The molecule has 0 saturated heterocycles. The number of nitrogens with zero attached hydrogens (tertiary/aromatic N) is 4. The van der Waals surface area contributed by atoms with Gasteiger partial charge in [-0.1, -0.05) is 6.07 Å². The van der Waals surface area contributed by atoms with Gasteiger partial charge in [-0.2, -0.15) is 5.26 Å². The highest BCUT2D eigenvalue weighted by Gasteiger charge is 2.03. The molecule has 5 heteroatoms. The summed E-state index contributed by atoms with van der Waals surface area (Å²) in [4.78, 5) is 0. The number of nitriles is 1. The van der Waals surface area contributed by atoms with E-state index in [9.17, 15) is 0 Å². The third kappa shape index (κ3) is 2.66. The van der Waals surface area contributed by atoms with Gasteiger partial charge in [0, 0.05) is 20.0 Å². The molecule has 0 radical (unpaired) electrons. The van der Waals surface area contributed by atoms with Gasteiger partial charge in [-0.15, -0.1) is 10.2 Å². The minimum atomic E-state index is 0.665. The van der Waals surface area contributed by atoms with E-state index in [1.807, 2.05) is 36.7 Å². The van der Waals surface area contributed by atoms with Crippen LogP contribution in [-0.2, 0) is 13.5 Å². The van der Waals surface area contributed by atoms with E-state index >= 15 is 0 Å². The molecule has 0 fully saturated rings. The monoisotopic (exact) mass is 241 g/mol. The topological polar surface area (TPSA) is 66.5 Å². The van der Waals surface area contributed by atoms with E-state index < -0.39 is 0 Å². The Kier molecular flexibility index (Phi) is 3.58. The smallest absolute Gasteiger partial charge is 0.134 e. The van der Waals surface area contributed by atoms with Gasteiger partial charge in [-0.25, -0.2) is 0 Å². The summed E-state index contributed by atoms with van der Waals surface area (Å²) in [5.74, 6) is 0.925. The van der Waals surface area contributed by atoms with Crippen molar-refractivity contribution in [2.45, 2.75) is 13.3 Å². The predicted molar refractivity (Wildman–Crippen MR) is 69.1 cm³/mol. The zero-order chi connectivity index (χ0) is 13.0. The Morgan fingerprint density at radius 2 is 2.28 bits per heavy atom. The van der Waals surface area contributed by atoms with Crippen LogP contribution in [0.15, 0.2) is 24.5 Å². The summed E-state index contributed by atoms with van der Waals surface area (Å²) in [6, 6.07) is 7.93. The molecule has 18 heavy (non-hydrogen) atoms. The fourth-order valence-corrected chi connectivity index (χ4v) is 1.74. The van der Waals surface area contributed by atoms with E-state index in [-0.39, 0.29) is 0 Å². The third-order valence-corrected chi connectivity index (χ3v) is 2.76. The Morgan fingerprint density at radius 1 is 1.44 bits per heavy atom. The number of benzene rings is 1. The van der Waals surface area contributed by atoms with E-state index in [0.29, 0.717) is 5.56 Å². The molecule has 0 amide bonds. The van der Waals surface area contributed by atoms with Crippen molar-refractivity contribution in [3.8, 4) is 6.07 Å². The second-order valence-corrected chi connectivity index (χ2v) is 4.20. The first kappa shape index (κ1) is 12.1. The molecular formula is C13H15N5. The van der Waals surface area contributed by atoms with Crippen LogP contribution in [0.3, 0.4) is 0 Å². The maximum absolute atomic E-state index is 9.02. The fourth-order valence-electron chi connectivity index (χ4n) is 1.74. The molecule has 92 valence electrons. The van der Waals surface area contributed by atoms with E-state index in [0.717, 1.165) is 30.0 Å². The molecule has 5 nitrogen and oxygen atoms in total. The summed E-state index contributed by atoms with van der Waals surface area (Å²) < 4.78 is 1.89. The first-order chi connectivity index (χ1) is 8.70. The van der Waals surface area contributed by atoms with Gasteiger partial charge in [0.1, 0.15) is 18.2 Å². The summed E-state index contributed by atoms with van der Waals surface area (Å²) in [5, 5.41) is 20.1. The maximum atomic E-state index is 9.02. The van der Waals surface area contributed by atoms with Crippen LogP contribution >= 0.6 is 0 Å². The van der Waals surface area contributed by atoms with Gasteiger partial charge >= 0.3 is 0 Å². The standard InChI is InChI=1S/C13H15N5/c1-10-3-4-11(8-14)12(7-10)15-6-5-13-17-16-9-18(13)2/h3-4,7,9,15H,5-6H2,1-2H3. The highest BCUT2D eigenvalue weighted by Crippen LogP contribution is 2.16. The average molecular weight is 241 g/mol. The molecule has 0 aliphatic heterocycles. The Morgan fingerprint density at radius 3 is 2.94 bits per heavy atom. The van der Waals surface area contributed by atoms with Gasteiger partial charge in [0.15, 0.2) is 0 Å². The summed E-state index contributed by atoms with van der Waals surface area (Å²) in [7, 11) is 1.92. The predicted octanol–water partition coefficient (Wildman–Crippen LogP) is 1.65. The number of anilines is 1. The Hall–Kier alpha value is -2.35. The number of rotatable bonds is 4. The summed E-state index contributed by atoms with van der Waals surface area (Å²) in [6.45, 7) is 2.74. The van der Waals surface area contributed by atoms with Crippen molar-refractivity contribution in [1.29, 1.82) is 5.26 Å². The van der Waals surface area contributed by atoms with Crippen LogP contribution in [0, 0.1) is 18.3 Å². The van der Waals surface area contributed by atoms with Crippen LogP contribution < -0.4 is 5.32 Å². The third-order valence-electron chi connectivity index (χ3n) is 2.76. The molecule has 0 saturated carbocycles. The van der Waals surface area contributed by atoms with E-state index in [4.69, 9.17) is 5.26 Å². The van der Waals surface area contributed by atoms with Crippen LogP contribution in [-0.4, -0.2) is 21.3 Å². The van der Waals surface area contributed by atoms with E-state index in [1.54, 1.807) is 6.33 Å². The molecular weight excluding hydrogens is 226 g/mol. The van der Waals surface area contributed by atoms with Gasteiger partial charge in [0.25, 0.3) is 0 Å². The largest absolute Gasteiger partial charge is 0.384 e. The second kappa shape index (κ2) is 5.32. The molecule has 0 aliphatic rings. The lowest BCUT2D eigenvalue weighted by Crippen LogP contribution is -2.09. The maximum Gasteiger partial charge on any atom is 0.134 e. The number of nitrogens with one attached hydrogen (secondary N) is 1. The van der Waals surface area contributed by atoms with Crippen LogP contribution in [0.5, 0.6) is 0 Å². The normalized spacial score (nSPS) is 10.1. The molecule has 1 heterocycles. The van der Waals surface area contributed by atoms with Crippen LogP contribution in [0.1, 0.15) is 17.0 Å². The first-order valence-electron chi connectivity index (χ1n) is 5.78. The highest BCUT2D eigenvalue weighted by molar-refractivity contribution is 5.58. The number of aryl methyl sites for hydroxylation is 2. The molecule has 2 rings (SSSR count). The summed E-state index contributed by atoms with van der Waals surface area (Å²) in [5.41, 5.74) is 2.67. The molecule has 0 unspecified atom stereocenters. The van der Waals surface area contributed by atoms with E-state index in [1.165, 1.54) is 0 Å². The molecule has 1 aromatic heterocycles. The fraction of sp³-hybridized carbons (Fsp3) is 0.308. The lowest BCUT2D eigenvalue weighted by Gasteiger charge is -2.08. The second-order valence-electron chi connectivity index (χ2n) is 4.20. The van der Waals surface area contributed by atoms with Gasteiger partial charge in [0.2, 0.25) is 0 Å². The number of hydrogen-bond acceptors (Lipinski definition) is 4. The van der Waals surface area contributed by atoms with Crippen molar-refractivity contribution in [2.75, 3.05) is 11.9 Å². The Labute approximate surface area is 106 Å². The molecule has 0 atom stereocenters. The summed E-state index contributed by atoms with van der Waals surface area (Å²) in [6.07, 6.45) is 2.46. The van der Waals surface area contributed by atoms with Crippen molar-refractivity contribution in [2.24, 2.45) is 7.05 Å². The van der Waals surface area contributed by atoms with Crippen molar-refractivity contribution < 1.29 is 0 Å². The molecule has 2 aromatic rings. The zero-order valence-electron chi connectivity index (χ0n) is 10.5. The Bertz CT molecular complexity index is 579. The van der Waals surface area contributed by atoms with Gasteiger partial charge in [0.05, 0.1) is 11.3 Å². The summed E-state index contributed by atoms with van der Waals surface area (Å²) >= 11 is 0. The quantitative estimate of drug-likeness (QED) is 0.883. The lowest BCUT2D eigenvalue weighted by molar-refractivity contribution is 0.788. The number of hydrogen-bond donors (Lipinski definition) is 1. The van der Waals surface area contributed by atoms with Gasteiger partial charge in [-0.3, -0.25) is 0 Å². The van der Waals surface area contributed by atoms with Crippen LogP contribution in [0.2, 0.25) is 0 Å². The zero-order valence-corrected chi connectivity index (χ0v) is 10.5. The minimum Gasteiger partial charge on any atom is -0.384 e. The average Bonchev–Trinajstić information content (AvgIpc) is 2.76. The molecule has 1 N–H and O–H groups in total. The highest BCUT2D eigenvalue weighted by atomic mass is 15.2. The Balaban J connectivity index is 2.00. The SMILES string of the molecule is Cc1ccc(C#N)c(NCCc2nncn2C)c1. The minimum absolute atomic E-state index is 0.665. The molecule has 1 aromatic carbocycles. The van der Waals surface area contributed by atoms with Gasteiger partial charge in [-0.05, 0) is 24.6 Å². The molecule has 0 spiro atoms. The van der Waals surface area contributed by atoms with Crippen molar-refractivity contribution in [3.63, 3.8) is 0 Å². The first-order valence-corrected chi connectivity index (χ1v) is 5.78. The number of aromatic nitrogens is 3. The molecule has 0 bridgehead atoms. The van der Waals surface area contributed by atoms with Crippen LogP contribution in [0.25, 0.3) is 0 Å². The van der Waals surface area contributed by atoms with Crippen molar-refractivity contribution in [1.82, 2.24) is 14.8 Å². The molecule has 0 aliphatic carbocycles. The van der Waals surface area contributed by atoms with Crippen LogP contribution in [0.4, 0.5) is 5.69 Å². The van der Waals surface area contributed by atoms with Gasteiger partial charge < -0.3 is 9.88 Å². The van der Waals surface area contributed by atoms with Crippen molar-refractivity contribution >= 4 is 5.69 Å².